The lowest BCUT2D eigenvalue weighted by Gasteiger charge is -2.36. The van der Waals surface area contributed by atoms with Crippen molar-refractivity contribution in [2.45, 2.75) is 12.5 Å². The Morgan fingerprint density at radius 1 is 1.05 bits per heavy atom. The van der Waals surface area contributed by atoms with Crippen LogP contribution in [-0.2, 0) is 11.2 Å². The molecule has 1 aliphatic heterocycles. The number of pyridine rings is 1. The summed E-state index contributed by atoms with van der Waals surface area (Å²) in [6, 6.07) is 7.01. The highest BCUT2D eigenvalue weighted by atomic mass is 35.5. The van der Waals surface area contributed by atoms with Crippen molar-refractivity contribution >= 4 is 40.4 Å². The smallest absolute Gasteiger partial charge is 0.268 e. The van der Waals surface area contributed by atoms with E-state index in [1.165, 1.54) is 12.3 Å². The van der Waals surface area contributed by atoms with Gasteiger partial charge in [0.1, 0.15) is 29.0 Å². The van der Waals surface area contributed by atoms with Crippen LogP contribution in [0.1, 0.15) is 16.1 Å². The highest BCUT2D eigenvalue weighted by Gasteiger charge is 2.31. The minimum atomic E-state index is -1.09. The largest absolute Gasteiger partial charge is 0.339 e. The molecule has 0 unspecified atom stereocenters. The molecule has 5 rings (SSSR count). The number of nitrogens with one attached hydrogen (secondary N) is 2. The third kappa shape index (κ3) is 5.51. The average molecular weight is 526 g/mol. The molecule has 4 heterocycles. The third-order valence-electron chi connectivity index (χ3n) is 6.15. The highest BCUT2D eigenvalue weighted by molar-refractivity contribution is 6.31. The van der Waals surface area contributed by atoms with E-state index in [1.54, 1.807) is 35.5 Å². The number of amides is 2. The van der Waals surface area contributed by atoms with Crippen molar-refractivity contribution in [2.24, 2.45) is 0 Å². The monoisotopic (exact) mass is 525 g/mol. The van der Waals surface area contributed by atoms with Crippen molar-refractivity contribution in [1.82, 2.24) is 30.2 Å². The van der Waals surface area contributed by atoms with E-state index >= 15 is 0 Å². The zero-order valence-electron chi connectivity index (χ0n) is 19.5. The topological polar surface area (TPSA) is 107 Å². The van der Waals surface area contributed by atoms with Crippen molar-refractivity contribution in [1.29, 1.82) is 0 Å². The fourth-order valence-electron chi connectivity index (χ4n) is 4.26. The number of hydrogen-bond donors (Lipinski definition) is 2. The molecule has 37 heavy (non-hydrogen) atoms. The summed E-state index contributed by atoms with van der Waals surface area (Å²) < 4.78 is 27.9. The molecule has 190 valence electrons. The number of halogens is 3. The van der Waals surface area contributed by atoms with Crippen LogP contribution in [0.4, 0.5) is 14.7 Å². The van der Waals surface area contributed by atoms with Crippen LogP contribution in [0.2, 0.25) is 5.02 Å². The molecule has 0 spiro atoms. The van der Waals surface area contributed by atoms with Crippen LogP contribution >= 0.6 is 11.6 Å². The van der Waals surface area contributed by atoms with E-state index in [1.807, 2.05) is 4.90 Å². The standard InChI is InChI=1S/C25H22ClF2N7O2/c26-17-10-16-12-20(32-22(16)31-14-17)23(36)33-21(11-15-2-3-18(27)13-19(15)28)24(37)34-6-8-35(9-7-34)25-29-4-1-5-30-25/h1-5,10,12-14,21H,6-9,11H2,(H,31,32)(H,33,36)/t21-/m0/s1. The Labute approximate surface area is 215 Å². The fraction of sp³-hybridized carbons (Fsp3) is 0.240. The molecule has 0 bridgehead atoms. The Kier molecular flexibility index (Phi) is 6.95. The van der Waals surface area contributed by atoms with Crippen LogP contribution < -0.4 is 10.2 Å². The number of fused-ring (bicyclic) bond motifs is 1. The third-order valence-corrected chi connectivity index (χ3v) is 6.36. The number of piperazine rings is 1. The van der Waals surface area contributed by atoms with E-state index in [0.717, 1.165) is 12.1 Å². The zero-order valence-corrected chi connectivity index (χ0v) is 20.3. The van der Waals surface area contributed by atoms with Crippen LogP contribution in [0.3, 0.4) is 0 Å². The molecule has 0 saturated carbocycles. The van der Waals surface area contributed by atoms with Crippen LogP contribution in [0.25, 0.3) is 11.0 Å². The van der Waals surface area contributed by atoms with Crippen molar-refractivity contribution in [3.63, 3.8) is 0 Å². The molecule has 0 aliphatic carbocycles. The number of benzene rings is 1. The zero-order chi connectivity index (χ0) is 25.9. The number of anilines is 1. The Morgan fingerprint density at radius 3 is 2.54 bits per heavy atom. The lowest BCUT2D eigenvalue weighted by Crippen LogP contribution is -2.56. The number of nitrogens with zero attached hydrogens (tertiary/aromatic N) is 5. The van der Waals surface area contributed by atoms with Gasteiger partial charge in [0.15, 0.2) is 0 Å². The van der Waals surface area contributed by atoms with Crippen molar-refractivity contribution in [3.8, 4) is 0 Å². The Hall–Kier alpha value is -4.12. The van der Waals surface area contributed by atoms with E-state index in [9.17, 15) is 18.4 Å². The number of carbonyl (C=O) groups is 2. The lowest BCUT2D eigenvalue weighted by molar-refractivity contribution is -0.133. The molecule has 4 aromatic rings. The Bertz CT molecular complexity index is 1440. The van der Waals surface area contributed by atoms with E-state index in [0.29, 0.717) is 48.2 Å². The second kappa shape index (κ2) is 10.5. The van der Waals surface area contributed by atoms with Gasteiger partial charge in [-0.25, -0.2) is 23.7 Å². The van der Waals surface area contributed by atoms with Crippen LogP contribution in [-0.4, -0.2) is 68.9 Å². The van der Waals surface area contributed by atoms with E-state index in [4.69, 9.17) is 11.6 Å². The maximum absolute atomic E-state index is 14.5. The molecule has 1 atom stereocenters. The molecule has 2 amide bonds. The number of aromatic nitrogens is 4. The number of hydrogen-bond acceptors (Lipinski definition) is 6. The summed E-state index contributed by atoms with van der Waals surface area (Å²) in [7, 11) is 0. The molecular formula is C25H22ClF2N7O2. The molecule has 1 aliphatic rings. The summed E-state index contributed by atoms with van der Waals surface area (Å²) in [4.78, 5) is 45.7. The summed E-state index contributed by atoms with van der Waals surface area (Å²) in [5, 5.41) is 3.76. The van der Waals surface area contributed by atoms with Gasteiger partial charge in [-0.05, 0) is 29.8 Å². The van der Waals surface area contributed by atoms with Gasteiger partial charge in [-0.3, -0.25) is 9.59 Å². The van der Waals surface area contributed by atoms with Gasteiger partial charge in [0.05, 0.1) is 5.02 Å². The number of aromatic amines is 1. The first-order valence-electron chi connectivity index (χ1n) is 11.6. The Morgan fingerprint density at radius 2 is 1.81 bits per heavy atom. The molecular weight excluding hydrogens is 504 g/mol. The van der Waals surface area contributed by atoms with E-state index in [-0.39, 0.29) is 23.6 Å². The molecule has 12 heteroatoms. The van der Waals surface area contributed by atoms with E-state index < -0.39 is 23.6 Å². The second-order valence-electron chi connectivity index (χ2n) is 8.60. The van der Waals surface area contributed by atoms with Gasteiger partial charge >= 0.3 is 0 Å². The SMILES string of the molecule is O=C(N[C@@H](Cc1ccc(F)cc1F)C(=O)N1CCN(c2ncccn2)CC1)c1cc2cc(Cl)cnc2[nH]1. The van der Waals surface area contributed by atoms with Crippen molar-refractivity contribution in [2.75, 3.05) is 31.1 Å². The average Bonchev–Trinajstić information content (AvgIpc) is 3.33. The van der Waals surface area contributed by atoms with Gasteiger partial charge < -0.3 is 20.1 Å². The Balaban J connectivity index is 1.35. The molecule has 0 radical (unpaired) electrons. The molecule has 3 aromatic heterocycles. The van der Waals surface area contributed by atoms with Gasteiger partial charge in [-0.2, -0.15) is 0 Å². The predicted octanol–water partition coefficient (Wildman–Crippen LogP) is 2.97. The molecule has 2 N–H and O–H groups in total. The first-order valence-corrected chi connectivity index (χ1v) is 11.9. The van der Waals surface area contributed by atoms with Gasteiger partial charge in [-0.1, -0.05) is 17.7 Å². The first-order chi connectivity index (χ1) is 17.9. The van der Waals surface area contributed by atoms with Gasteiger partial charge in [0, 0.05) is 62.6 Å². The van der Waals surface area contributed by atoms with Gasteiger partial charge in [0.2, 0.25) is 11.9 Å². The first kappa shape index (κ1) is 24.6. The van der Waals surface area contributed by atoms with E-state index in [2.05, 4.69) is 25.3 Å². The number of carbonyl (C=O) groups excluding carboxylic acids is 2. The van der Waals surface area contributed by atoms with Gasteiger partial charge in [0.25, 0.3) is 5.91 Å². The summed E-state index contributed by atoms with van der Waals surface area (Å²) in [5.41, 5.74) is 0.746. The summed E-state index contributed by atoms with van der Waals surface area (Å²) in [6.45, 7) is 1.72. The van der Waals surface area contributed by atoms with Crippen molar-refractivity contribution in [3.05, 3.63) is 82.9 Å². The maximum atomic E-state index is 14.5. The quantitative estimate of drug-likeness (QED) is 0.401. The van der Waals surface area contributed by atoms with Gasteiger partial charge in [-0.15, -0.1) is 0 Å². The van der Waals surface area contributed by atoms with Crippen LogP contribution in [0, 0.1) is 11.6 Å². The van der Waals surface area contributed by atoms with Crippen LogP contribution in [0.15, 0.2) is 55.0 Å². The number of H-pyrrole nitrogens is 1. The summed E-state index contributed by atoms with van der Waals surface area (Å²) >= 11 is 5.98. The minimum absolute atomic E-state index is 0.112. The minimum Gasteiger partial charge on any atom is -0.339 e. The summed E-state index contributed by atoms with van der Waals surface area (Å²) in [5.74, 6) is -1.88. The fourth-order valence-corrected chi connectivity index (χ4v) is 4.42. The van der Waals surface area contributed by atoms with Crippen LogP contribution in [0.5, 0.6) is 0 Å². The number of rotatable bonds is 6. The maximum Gasteiger partial charge on any atom is 0.268 e. The normalized spacial score (nSPS) is 14.6. The molecule has 1 saturated heterocycles. The predicted molar refractivity (Wildman–Crippen MR) is 133 cm³/mol. The van der Waals surface area contributed by atoms with Crippen molar-refractivity contribution < 1.29 is 18.4 Å². The highest BCUT2D eigenvalue weighted by Crippen LogP contribution is 2.19. The second-order valence-corrected chi connectivity index (χ2v) is 9.04. The lowest BCUT2D eigenvalue weighted by atomic mass is 10.0. The molecule has 1 aromatic carbocycles. The molecule has 1 fully saturated rings. The molecule has 9 nitrogen and oxygen atoms in total. The summed E-state index contributed by atoms with van der Waals surface area (Å²) in [6.07, 6.45) is 4.60.